The van der Waals surface area contributed by atoms with E-state index in [0.717, 1.165) is 0 Å². The lowest BCUT2D eigenvalue weighted by atomic mass is 10.1. The van der Waals surface area contributed by atoms with E-state index in [1.54, 1.807) is 0 Å². The van der Waals surface area contributed by atoms with Gasteiger partial charge in [-0.25, -0.2) is 4.79 Å². The first-order chi connectivity index (χ1) is 17.4. The molecule has 14 N–H and O–H groups in total. The van der Waals surface area contributed by atoms with Crippen LogP contribution in [0.4, 0.5) is 0 Å². The van der Waals surface area contributed by atoms with Crippen molar-refractivity contribution in [1.82, 2.24) is 16.0 Å². The zero-order valence-electron chi connectivity index (χ0n) is 20.9. The number of nitrogens with zero attached hydrogens (tertiary/aromatic N) is 2. The van der Waals surface area contributed by atoms with Gasteiger partial charge in [-0.15, -0.1) is 0 Å². The second-order valence-corrected chi connectivity index (χ2v) is 9.34. The van der Waals surface area contributed by atoms with Crippen molar-refractivity contribution in [3.63, 3.8) is 0 Å². The van der Waals surface area contributed by atoms with Crippen LogP contribution in [0.3, 0.4) is 0 Å². The molecule has 0 aromatic heterocycles. The number of carboxylic acids is 1. The fraction of sp³-hybridized carbons (Fsp3) is 0.700. The van der Waals surface area contributed by atoms with Gasteiger partial charge in [0.15, 0.2) is 11.9 Å². The largest absolute Gasteiger partial charge is 0.480 e. The van der Waals surface area contributed by atoms with Gasteiger partial charge in [0, 0.05) is 18.8 Å². The molecule has 0 aromatic rings. The van der Waals surface area contributed by atoms with E-state index in [4.69, 9.17) is 28.7 Å². The van der Waals surface area contributed by atoms with E-state index in [1.165, 1.54) is 11.8 Å². The normalized spacial score (nSPS) is 13.8. The molecule has 0 aromatic carbocycles. The number of rotatable bonds is 19. The van der Waals surface area contributed by atoms with Crippen molar-refractivity contribution in [2.24, 2.45) is 38.7 Å². The van der Waals surface area contributed by atoms with E-state index in [9.17, 15) is 24.3 Å². The van der Waals surface area contributed by atoms with E-state index in [0.29, 0.717) is 25.0 Å². The number of hydrogen-bond donors (Lipinski definition) is 10. The van der Waals surface area contributed by atoms with Crippen LogP contribution < -0.4 is 44.6 Å². The Bertz CT molecular complexity index is 806. The summed E-state index contributed by atoms with van der Waals surface area (Å²) in [7, 11) is 0. The number of carbonyl (C=O) groups excluding carboxylic acids is 3. The molecule has 0 saturated carbocycles. The fourth-order valence-corrected chi connectivity index (χ4v) is 3.67. The Kier molecular flexibility index (Phi) is 17.7. The van der Waals surface area contributed by atoms with Gasteiger partial charge in [-0.2, -0.15) is 24.4 Å². The van der Waals surface area contributed by atoms with E-state index in [-0.39, 0.29) is 43.6 Å². The van der Waals surface area contributed by atoms with Gasteiger partial charge >= 0.3 is 5.97 Å². The predicted molar refractivity (Wildman–Crippen MR) is 148 cm³/mol. The minimum absolute atomic E-state index is 0.0580. The van der Waals surface area contributed by atoms with Gasteiger partial charge in [0.1, 0.15) is 18.1 Å². The number of aliphatic carboxylic acids is 1. The Morgan fingerprint density at radius 3 is 1.73 bits per heavy atom. The summed E-state index contributed by atoms with van der Waals surface area (Å²) in [4.78, 5) is 57.4. The molecular weight excluding hydrogens is 524 g/mol. The van der Waals surface area contributed by atoms with Gasteiger partial charge in [-0.3, -0.25) is 24.4 Å². The number of guanidine groups is 2. The average molecular weight is 565 g/mol. The van der Waals surface area contributed by atoms with Crippen LogP contribution in [-0.2, 0) is 19.2 Å². The Balaban J connectivity index is 5.29. The lowest BCUT2D eigenvalue weighted by molar-refractivity contribution is -0.142. The highest BCUT2D eigenvalue weighted by Crippen LogP contribution is 2.05. The standard InChI is InChI=1S/C20H40N10O5S2/c1-37-9-6-11(21)15(31)28-12(4-2-7-26-19(22)23)16(32)30-14(10-36)17(33)29-13(18(34)35)5-3-8-27-20(24)25/h11-14,36H,2-10,21H2,1H3,(H,28,31)(H,29,33)(H,30,32)(H,34,35)(H4,22,23,26)(H4,24,25,27). The van der Waals surface area contributed by atoms with Crippen molar-refractivity contribution in [2.75, 3.05) is 30.9 Å². The molecule has 0 radical (unpaired) electrons. The highest BCUT2D eigenvalue weighted by atomic mass is 32.2. The Morgan fingerprint density at radius 1 is 0.811 bits per heavy atom. The Labute approximate surface area is 226 Å². The first-order valence-electron chi connectivity index (χ1n) is 11.5. The molecule has 15 nitrogen and oxygen atoms in total. The first-order valence-corrected chi connectivity index (χ1v) is 13.6. The van der Waals surface area contributed by atoms with Crippen molar-refractivity contribution < 1.29 is 24.3 Å². The highest BCUT2D eigenvalue weighted by Gasteiger charge is 2.29. The second-order valence-electron chi connectivity index (χ2n) is 7.99. The van der Waals surface area contributed by atoms with Gasteiger partial charge in [0.25, 0.3) is 0 Å². The van der Waals surface area contributed by atoms with Crippen LogP contribution in [-0.4, -0.2) is 95.7 Å². The van der Waals surface area contributed by atoms with Crippen LogP contribution >= 0.6 is 24.4 Å². The third-order valence-electron chi connectivity index (χ3n) is 4.92. The lowest BCUT2D eigenvalue weighted by Crippen LogP contribution is -2.57. The Hall–Kier alpha value is -2.92. The Morgan fingerprint density at radius 2 is 1.27 bits per heavy atom. The second kappa shape index (κ2) is 19.2. The van der Waals surface area contributed by atoms with Crippen LogP contribution in [0.25, 0.3) is 0 Å². The van der Waals surface area contributed by atoms with Gasteiger partial charge in [0.05, 0.1) is 6.04 Å². The number of nitrogens with two attached hydrogens (primary N) is 5. The predicted octanol–water partition coefficient (Wildman–Crippen LogP) is -3.36. The lowest BCUT2D eigenvalue weighted by Gasteiger charge is -2.24. The van der Waals surface area contributed by atoms with Crippen molar-refractivity contribution in [3.8, 4) is 0 Å². The van der Waals surface area contributed by atoms with Crippen molar-refractivity contribution >= 4 is 60.0 Å². The third kappa shape index (κ3) is 15.7. The number of thioether (sulfide) groups is 1. The summed E-state index contributed by atoms with van der Waals surface area (Å²) in [6.07, 6.45) is 3.16. The van der Waals surface area contributed by atoms with Gasteiger partial charge in [-0.1, -0.05) is 0 Å². The number of hydrogen-bond acceptors (Lipinski definition) is 9. The number of amides is 3. The molecule has 0 aliphatic heterocycles. The summed E-state index contributed by atoms with van der Waals surface area (Å²) >= 11 is 5.64. The van der Waals surface area contributed by atoms with Crippen molar-refractivity contribution in [2.45, 2.75) is 56.3 Å². The molecule has 37 heavy (non-hydrogen) atoms. The monoisotopic (exact) mass is 564 g/mol. The number of aliphatic imine (C=N–C) groups is 2. The highest BCUT2D eigenvalue weighted by molar-refractivity contribution is 7.98. The molecule has 0 spiro atoms. The van der Waals surface area contributed by atoms with E-state index in [1.807, 2.05) is 6.26 Å². The minimum Gasteiger partial charge on any atom is -0.480 e. The molecule has 0 rings (SSSR count). The summed E-state index contributed by atoms with van der Waals surface area (Å²) in [6, 6.07) is -4.25. The molecular formula is C20H40N10O5S2. The molecule has 0 bridgehead atoms. The van der Waals surface area contributed by atoms with Crippen LogP contribution in [0.5, 0.6) is 0 Å². The third-order valence-corrected chi connectivity index (χ3v) is 5.93. The van der Waals surface area contributed by atoms with E-state index in [2.05, 4.69) is 38.6 Å². The van der Waals surface area contributed by atoms with E-state index < -0.39 is 47.9 Å². The maximum atomic E-state index is 13.0. The van der Waals surface area contributed by atoms with E-state index >= 15 is 0 Å². The zero-order valence-corrected chi connectivity index (χ0v) is 22.6. The smallest absolute Gasteiger partial charge is 0.326 e. The number of nitrogens with one attached hydrogen (secondary N) is 3. The minimum atomic E-state index is -1.26. The summed E-state index contributed by atoms with van der Waals surface area (Å²) in [5, 5.41) is 16.9. The molecule has 3 amide bonds. The number of carboxylic acid groups (broad SMARTS) is 1. The van der Waals surface area contributed by atoms with Gasteiger partial charge in [-0.05, 0) is 44.1 Å². The quantitative estimate of drug-likeness (QED) is 0.0320. The summed E-state index contributed by atoms with van der Waals surface area (Å²) in [5.41, 5.74) is 27.0. The van der Waals surface area contributed by atoms with Crippen LogP contribution in [0.15, 0.2) is 9.98 Å². The number of thiol groups is 1. The molecule has 0 aliphatic carbocycles. The SMILES string of the molecule is CSCCC(N)C(=O)NC(CCCN=C(N)N)C(=O)NC(CS)C(=O)NC(CCCN=C(N)N)C(=O)O. The van der Waals surface area contributed by atoms with Crippen LogP contribution in [0, 0.1) is 0 Å². The molecule has 4 unspecified atom stereocenters. The maximum absolute atomic E-state index is 13.0. The summed E-state index contributed by atoms with van der Waals surface area (Å²) in [6.45, 7) is 0.409. The van der Waals surface area contributed by atoms with Gasteiger partial charge in [0.2, 0.25) is 17.7 Å². The molecule has 0 saturated heterocycles. The van der Waals surface area contributed by atoms with Crippen LogP contribution in [0.1, 0.15) is 32.1 Å². The fourth-order valence-electron chi connectivity index (χ4n) is 2.93. The number of carbonyl (C=O) groups is 4. The topological polar surface area (TPSA) is 279 Å². The summed E-state index contributed by atoms with van der Waals surface area (Å²) in [5.74, 6) is -2.89. The van der Waals surface area contributed by atoms with Crippen molar-refractivity contribution in [1.29, 1.82) is 0 Å². The summed E-state index contributed by atoms with van der Waals surface area (Å²) < 4.78 is 0. The van der Waals surface area contributed by atoms with Gasteiger partial charge < -0.3 is 49.7 Å². The molecule has 0 heterocycles. The van der Waals surface area contributed by atoms with Crippen LogP contribution in [0.2, 0.25) is 0 Å². The molecule has 0 fully saturated rings. The molecule has 0 aliphatic rings. The average Bonchev–Trinajstić information content (AvgIpc) is 2.83. The molecule has 17 heteroatoms. The van der Waals surface area contributed by atoms with Crippen molar-refractivity contribution in [3.05, 3.63) is 0 Å². The zero-order chi connectivity index (χ0) is 28.4. The maximum Gasteiger partial charge on any atom is 0.326 e. The molecule has 212 valence electrons. The molecule has 4 atom stereocenters. The first kappa shape index (κ1) is 34.1.